The molecule has 2 aliphatic rings. The van der Waals surface area contributed by atoms with E-state index in [2.05, 4.69) is 18.4 Å². The molecule has 0 aliphatic carbocycles. The first kappa shape index (κ1) is 9.32. The van der Waals surface area contributed by atoms with Crippen LogP contribution in [0.3, 0.4) is 0 Å². The molecule has 1 N–H and O–H groups in total. The van der Waals surface area contributed by atoms with Gasteiger partial charge in [-0.25, -0.2) is 0 Å². The molecule has 0 bridgehead atoms. The predicted molar refractivity (Wildman–Crippen MR) is 51.1 cm³/mol. The van der Waals surface area contributed by atoms with Crippen molar-refractivity contribution in [1.82, 2.24) is 10.2 Å². The van der Waals surface area contributed by atoms with Crippen LogP contribution >= 0.6 is 0 Å². The molecule has 4 nitrogen and oxygen atoms in total. The lowest BCUT2D eigenvalue weighted by atomic mass is 9.83. The van der Waals surface area contributed by atoms with Gasteiger partial charge in [0.1, 0.15) is 0 Å². The third-order valence-corrected chi connectivity index (χ3v) is 3.44. The van der Waals surface area contributed by atoms with Crippen LogP contribution in [0.5, 0.6) is 0 Å². The van der Waals surface area contributed by atoms with Gasteiger partial charge in [-0.1, -0.05) is 6.92 Å². The van der Waals surface area contributed by atoms with Crippen molar-refractivity contribution < 1.29 is 4.79 Å². The highest BCUT2D eigenvalue weighted by atomic mass is 16.2. The van der Waals surface area contributed by atoms with Gasteiger partial charge in [0.2, 0.25) is 5.91 Å². The fourth-order valence-electron chi connectivity index (χ4n) is 2.51. The normalized spacial score (nSPS) is 36.1. The molecular weight excluding hydrogens is 178 g/mol. The van der Waals surface area contributed by atoms with Gasteiger partial charge < -0.3 is 10.2 Å². The SMILES string of the molecule is CCC1CC2(CCN(C#N)C2)C(=O)N1. The van der Waals surface area contributed by atoms with E-state index in [4.69, 9.17) is 5.26 Å². The lowest BCUT2D eigenvalue weighted by molar-refractivity contribution is -0.127. The molecule has 1 amide bonds. The van der Waals surface area contributed by atoms with E-state index in [9.17, 15) is 4.79 Å². The summed E-state index contributed by atoms with van der Waals surface area (Å²) in [4.78, 5) is 13.5. The number of hydrogen-bond acceptors (Lipinski definition) is 3. The van der Waals surface area contributed by atoms with Crippen molar-refractivity contribution in [3.05, 3.63) is 0 Å². The van der Waals surface area contributed by atoms with Crippen molar-refractivity contribution in [1.29, 1.82) is 5.26 Å². The molecule has 0 saturated carbocycles. The number of hydrogen-bond donors (Lipinski definition) is 1. The van der Waals surface area contributed by atoms with E-state index in [1.54, 1.807) is 4.90 Å². The van der Waals surface area contributed by atoms with E-state index in [0.29, 0.717) is 12.6 Å². The maximum absolute atomic E-state index is 11.8. The minimum Gasteiger partial charge on any atom is -0.353 e. The maximum Gasteiger partial charge on any atom is 0.228 e. The topological polar surface area (TPSA) is 56.1 Å². The minimum atomic E-state index is -0.254. The molecule has 4 heteroatoms. The Morgan fingerprint density at radius 3 is 3.07 bits per heavy atom. The van der Waals surface area contributed by atoms with Gasteiger partial charge in [0.25, 0.3) is 0 Å². The van der Waals surface area contributed by atoms with E-state index in [1.165, 1.54) is 0 Å². The highest BCUT2D eigenvalue weighted by molar-refractivity contribution is 5.86. The molecule has 2 aliphatic heterocycles. The first-order valence-corrected chi connectivity index (χ1v) is 5.16. The first-order chi connectivity index (χ1) is 6.70. The lowest BCUT2D eigenvalue weighted by Crippen LogP contribution is -2.33. The molecule has 2 saturated heterocycles. The molecule has 2 rings (SSSR count). The fourth-order valence-corrected chi connectivity index (χ4v) is 2.51. The van der Waals surface area contributed by atoms with Gasteiger partial charge in [-0.3, -0.25) is 4.79 Å². The Morgan fingerprint density at radius 1 is 1.79 bits per heavy atom. The summed E-state index contributed by atoms with van der Waals surface area (Å²) in [7, 11) is 0. The molecule has 76 valence electrons. The number of nitriles is 1. The number of rotatable bonds is 1. The summed E-state index contributed by atoms with van der Waals surface area (Å²) < 4.78 is 0. The van der Waals surface area contributed by atoms with Crippen molar-refractivity contribution in [2.45, 2.75) is 32.2 Å². The van der Waals surface area contributed by atoms with E-state index < -0.39 is 0 Å². The monoisotopic (exact) mass is 193 g/mol. The number of likely N-dealkylation sites (tertiary alicyclic amines) is 1. The van der Waals surface area contributed by atoms with E-state index in [-0.39, 0.29) is 11.3 Å². The zero-order chi connectivity index (χ0) is 10.2. The lowest BCUT2D eigenvalue weighted by Gasteiger charge is -2.18. The van der Waals surface area contributed by atoms with Crippen LogP contribution < -0.4 is 5.32 Å². The molecule has 2 unspecified atom stereocenters. The number of nitrogens with zero attached hydrogens (tertiary/aromatic N) is 2. The summed E-state index contributed by atoms with van der Waals surface area (Å²) in [6.45, 7) is 3.44. The third kappa shape index (κ3) is 1.24. The predicted octanol–water partition coefficient (Wildman–Crippen LogP) is 0.458. The van der Waals surface area contributed by atoms with Crippen LogP contribution in [0.1, 0.15) is 26.2 Å². The van der Waals surface area contributed by atoms with E-state index in [1.807, 2.05) is 0 Å². The Kier molecular flexibility index (Phi) is 2.10. The highest BCUT2D eigenvalue weighted by Crippen LogP contribution is 2.39. The quantitative estimate of drug-likeness (QED) is 0.615. The second-order valence-electron chi connectivity index (χ2n) is 4.33. The van der Waals surface area contributed by atoms with Crippen LogP contribution in [-0.4, -0.2) is 29.9 Å². The van der Waals surface area contributed by atoms with Crippen molar-refractivity contribution in [3.8, 4) is 6.19 Å². The smallest absolute Gasteiger partial charge is 0.228 e. The van der Waals surface area contributed by atoms with E-state index in [0.717, 1.165) is 25.8 Å². The largest absolute Gasteiger partial charge is 0.353 e. The molecule has 0 aromatic carbocycles. The van der Waals surface area contributed by atoms with Crippen molar-refractivity contribution in [2.75, 3.05) is 13.1 Å². The molecule has 2 atom stereocenters. The minimum absolute atomic E-state index is 0.155. The van der Waals surface area contributed by atoms with Gasteiger partial charge in [-0.2, -0.15) is 5.26 Å². The molecule has 1 spiro atoms. The number of carbonyl (C=O) groups excluding carboxylic acids is 1. The second kappa shape index (κ2) is 3.16. The Bertz CT molecular complexity index is 296. The molecule has 0 aromatic rings. The van der Waals surface area contributed by atoms with Gasteiger partial charge in [0.15, 0.2) is 6.19 Å². The molecule has 2 fully saturated rings. The molecule has 0 aromatic heterocycles. The summed E-state index contributed by atoms with van der Waals surface area (Å²) >= 11 is 0. The van der Waals surface area contributed by atoms with Crippen LogP contribution in [0, 0.1) is 16.9 Å². The van der Waals surface area contributed by atoms with Crippen LogP contribution in [0.15, 0.2) is 0 Å². The Hall–Kier alpha value is -1.24. The van der Waals surface area contributed by atoms with E-state index >= 15 is 0 Å². The van der Waals surface area contributed by atoms with Crippen LogP contribution in [-0.2, 0) is 4.79 Å². The van der Waals surface area contributed by atoms with Crippen molar-refractivity contribution in [2.24, 2.45) is 5.41 Å². The van der Waals surface area contributed by atoms with Gasteiger partial charge >= 0.3 is 0 Å². The summed E-state index contributed by atoms with van der Waals surface area (Å²) in [6.07, 6.45) is 4.85. The van der Waals surface area contributed by atoms with Crippen molar-refractivity contribution >= 4 is 5.91 Å². The fraction of sp³-hybridized carbons (Fsp3) is 0.800. The van der Waals surface area contributed by atoms with Crippen LogP contribution in [0.2, 0.25) is 0 Å². The average Bonchev–Trinajstić information content (AvgIpc) is 2.74. The standard InChI is InChI=1S/C10H15N3O/c1-2-8-5-10(9(14)12-8)3-4-13(6-10)7-11/h8H,2-6H2,1H3,(H,12,14). The Labute approximate surface area is 83.9 Å². The maximum atomic E-state index is 11.8. The van der Waals surface area contributed by atoms with Gasteiger partial charge in [-0.15, -0.1) is 0 Å². The summed E-state index contributed by atoms with van der Waals surface area (Å²) in [5.74, 6) is 0.155. The summed E-state index contributed by atoms with van der Waals surface area (Å²) in [5.41, 5.74) is -0.254. The second-order valence-corrected chi connectivity index (χ2v) is 4.33. The third-order valence-electron chi connectivity index (χ3n) is 3.44. The van der Waals surface area contributed by atoms with Gasteiger partial charge in [0, 0.05) is 19.1 Å². The van der Waals surface area contributed by atoms with Crippen molar-refractivity contribution in [3.63, 3.8) is 0 Å². The summed E-state index contributed by atoms with van der Waals surface area (Å²) in [5, 5.41) is 11.8. The highest BCUT2D eigenvalue weighted by Gasteiger charge is 2.50. The van der Waals surface area contributed by atoms with Gasteiger partial charge in [-0.05, 0) is 19.3 Å². The number of carbonyl (C=O) groups is 1. The zero-order valence-electron chi connectivity index (χ0n) is 8.42. The average molecular weight is 193 g/mol. The van der Waals surface area contributed by atoms with Crippen LogP contribution in [0.25, 0.3) is 0 Å². The number of amides is 1. The first-order valence-electron chi connectivity index (χ1n) is 5.16. The molecule has 2 heterocycles. The molecular formula is C10H15N3O. The Morgan fingerprint density at radius 2 is 2.57 bits per heavy atom. The molecule has 0 radical (unpaired) electrons. The van der Waals surface area contributed by atoms with Crippen LogP contribution in [0.4, 0.5) is 0 Å². The van der Waals surface area contributed by atoms with Gasteiger partial charge in [0.05, 0.1) is 5.41 Å². The number of nitrogens with one attached hydrogen (secondary N) is 1. The Balaban J connectivity index is 2.11. The summed E-state index contributed by atoms with van der Waals surface area (Å²) in [6, 6.07) is 0.321. The molecule has 14 heavy (non-hydrogen) atoms. The zero-order valence-corrected chi connectivity index (χ0v) is 8.42.